The van der Waals surface area contributed by atoms with Crippen LogP contribution >= 0.6 is 0 Å². The van der Waals surface area contributed by atoms with Crippen molar-refractivity contribution < 1.29 is 5.11 Å². The zero-order chi connectivity index (χ0) is 7.78. The molecule has 0 aliphatic carbocycles. The topological polar surface area (TPSA) is 47.3 Å². The molecule has 3 nitrogen and oxygen atoms in total. The minimum absolute atomic E-state index is 0.0553. The van der Waals surface area contributed by atoms with E-state index in [2.05, 4.69) is 6.07 Å². The summed E-state index contributed by atoms with van der Waals surface area (Å²) in [6.45, 7) is 4.88. The molecular weight excluding hydrogens is 128 g/mol. The molecule has 1 atom stereocenters. The Morgan fingerprint density at radius 1 is 1.70 bits per heavy atom. The Hall–Kier alpha value is -0.590. The molecule has 0 radical (unpaired) electrons. The van der Waals surface area contributed by atoms with Crippen LogP contribution in [0.2, 0.25) is 0 Å². The molecule has 1 N–H and O–H groups in total. The van der Waals surface area contributed by atoms with Crippen LogP contribution in [0.4, 0.5) is 0 Å². The molecule has 10 heavy (non-hydrogen) atoms. The minimum atomic E-state index is -0.550. The van der Waals surface area contributed by atoms with Gasteiger partial charge in [0.05, 0.1) is 17.7 Å². The summed E-state index contributed by atoms with van der Waals surface area (Å²) in [4.78, 5) is 1.94. The van der Waals surface area contributed by atoms with Gasteiger partial charge in [-0.3, -0.25) is 4.90 Å². The molecule has 0 aromatic carbocycles. The van der Waals surface area contributed by atoms with Gasteiger partial charge in [0.15, 0.2) is 0 Å². The van der Waals surface area contributed by atoms with E-state index < -0.39 is 5.60 Å². The van der Waals surface area contributed by atoms with Gasteiger partial charge in [-0.25, -0.2) is 0 Å². The lowest BCUT2D eigenvalue weighted by atomic mass is 9.95. The maximum atomic E-state index is 9.28. The Labute approximate surface area is 60.9 Å². The van der Waals surface area contributed by atoms with Crippen molar-refractivity contribution in [2.24, 2.45) is 0 Å². The second kappa shape index (κ2) is 2.22. The number of hydrogen-bond donors (Lipinski definition) is 1. The van der Waals surface area contributed by atoms with Gasteiger partial charge in [0, 0.05) is 13.1 Å². The van der Waals surface area contributed by atoms with Gasteiger partial charge < -0.3 is 5.11 Å². The zero-order valence-electron chi connectivity index (χ0n) is 6.33. The number of nitrogens with zero attached hydrogens (tertiary/aromatic N) is 2. The summed E-state index contributed by atoms with van der Waals surface area (Å²) >= 11 is 0. The van der Waals surface area contributed by atoms with E-state index >= 15 is 0 Å². The van der Waals surface area contributed by atoms with E-state index in [4.69, 9.17) is 5.26 Å². The second-order valence-electron chi connectivity index (χ2n) is 3.21. The molecule has 0 amide bonds. The molecule has 0 saturated carbocycles. The number of β-amino-alcohol motifs (C(OH)–C–C–N with tert-alkyl or cyclic N) is 1. The van der Waals surface area contributed by atoms with Gasteiger partial charge >= 0.3 is 0 Å². The maximum Gasteiger partial charge on any atom is 0.0951 e. The van der Waals surface area contributed by atoms with Gasteiger partial charge in [-0.05, 0) is 13.8 Å². The molecule has 1 fully saturated rings. The molecule has 1 rings (SSSR count). The summed E-state index contributed by atoms with van der Waals surface area (Å²) in [6, 6.07) is 2.06. The lowest BCUT2D eigenvalue weighted by Gasteiger charge is -2.45. The van der Waals surface area contributed by atoms with E-state index in [-0.39, 0.29) is 6.04 Å². The standard InChI is InChI=1S/C7H12N2O/c1-6(3-8)9-4-7(2,10)5-9/h6,10H,4-5H2,1-2H3. The minimum Gasteiger partial charge on any atom is -0.388 e. The van der Waals surface area contributed by atoms with E-state index in [9.17, 15) is 5.11 Å². The highest BCUT2D eigenvalue weighted by molar-refractivity contribution is 5.00. The lowest BCUT2D eigenvalue weighted by Crippen LogP contribution is -2.62. The fourth-order valence-corrected chi connectivity index (χ4v) is 1.18. The van der Waals surface area contributed by atoms with Crippen LogP contribution in [0.1, 0.15) is 13.8 Å². The molecule has 56 valence electrons. The third-order valence-electron chi connectivity index (χ3n) is 1.82. The summed E-state index contributed by atoms with van der Waals surface area (Å²) in [5.74, 6) is 0. The largest absolute Gasteiger partial charge is 0.388 e. The third kappa shape index (κ3) is 1.28. The van der Waals surface area contributed by atoms with E-state index in [1.165, 1.54) is 0 Å². The lowest BCUT2D eigenvalue weighted by molar-refractivity contribution is -0.0908. The zero-order valence-corrected chi connectivity index (χ0v) is 6.33. The highest BCUT2D eigenvalue weighted by Crippen LogP contribution is 2.21. The Bertz CT molecular complexity index is 163. The number of hydrogen-bond acceptors (Lipinski definition) is 3. The normalized spacial score (nSPS) is 26.6. The van der Waals surface area contributed by atoms with Crippen molar-refractivity contribution in [2.75, 3.05) is 13.1 Å². The van der Waals surface area contributed by atoms with Crippen molar-refractivity contribution in [2.45, 2.75) is 25.5 Å². The smallest absolute Gasteiger partial charge is 0.0951 e. The van der Waals surface area contributed by atoms with Crippen LogP contribution in [0.5, 0.6) is 0 Å². The summed E-state index contributed by atoms with van der Waals surface area (Å²) in [5.41, 5.74) is -0.550. The molecule has 0 bridgehead atoms. The number of likely N-dealkylation sites (tertiary alicyclic amines) is 1. The molecular formula is C7H12N2O. The van der Waals surface area contributed by atoms with Crippen LogP contribution in [0.3, 0.4) is 0 Å². The first-order valence-corrected chi connectivity index (χ1v) is 3.41. The number of nitriles is 1. The molecule has 1 aliphatic rings. The van der Waals surface area contributed by atoms with Crippen LogP contribution < -0.4 is 0 Å². The maximum absolute atomic E-state index is 9.28. The Morgan fingerprint density at radius 2 is 2.20 bits per heavy atom. The molecule has 1 aliphatic heterocycles. The summed E-state index contributed by atoms with van der Waals surface area (Å²) in [6.07, 6.45) is 0. The van der Waals surface area contributed by atoms with Crippen LogP contribution in [0.25, 0.3) is 0 Å². The van der Waals surface area contributed by atoms with Gasteiger partial charge in [-0.2, -0.15) is 5.26 Å². The van der Waals surface area contributed by atoms with E-state index in [0.717, 1.165) is 0 Å². The van der Waals surface area contributed by atoms with E-state index in [0.29, 0.717) is 13.1 Å². The number of aliphatic hydroxyl groups is 1. The van der Waals surface area contributed by atoms with Crippen LogP contribution in [-0.4, -0.2) is 34.7 Å². The molecule has 1 heterocycles. The van der Waals surface area contributed by atoms with Crippen molar-refractivity contribution >= 4 is 0 Å². The quantitative estimate of drug-likeness (QED) is 0.556. The van der Waals surface area contributed by atoms with E-state index in [1.807, 2.05) is 11.8 Å². The average molecular weight is 140 g/mol. The monoisotopic (exact) mass is 140 g/mol. The predicted molar refractivity (Wildman–Crippen MR) is 37.3 cm³/mol. The predicted octanol–water partition coefficient (Wildman–Crippen LogP) is -0.0349. The van der Waals surface area contributed by atoms with Crippen molar-refractivity contribution in [3.8, 4) is 6.07 Å². The highest BCUT2D eigenvalue weighted by Gasteiger charge is 2.38. The summed E-state index contributed by atoms with van der Waals surface area (Å²) in [7, 11) is 0. The van der Waals surface area contributed by atoms with Crippen LogP contribution in [0, 0.1) is 11.3 Å². The van der Waals surface area contributed by atoms with Gasteiger partial charge in [-0.15, -0.1) is 0 Å². The van der Waals surface area contributed by atoms with Crippen molar-refractivity contribution in [1.29, 1.82) is 5.26 Å². The fourth-order valence-electron chi connectivity index (χ4n) is 1.18. The molecule has 1 unspecified atom stereocenters. The second-order valence-corrected chi connectivity index (χ2v) is 3.21. The van der Waals surface area contributed by atoms with Crippen molar-refractivity contribution in [3.05, 3.63) is 0 Å². The van der Waals surface area contributed by atoms with Crippen LogP contribution in [0.15, 0.2) is 0 Å². The first kappa shape index (κ1) is 7.52. The molecule has 1 saturated heterocycles. The van der Waals surface area contributed by atoms with Gasteiger partial charge in [0.1, 0.15) is 0 Å². The SMILES string of the molecule is CC(C#N)N1CC(C)(O)C1. The first-order chi connectivity index (χ1) is 4.55. The molecule has 0 aromatic rings. The van der Waals surface area contributed by atoms with Gasteiger partial charge in [-0.1, -0.05) is 0 Å². The van der Waals surface area contributed by atoms with Crippen molar-refractivity contribution in [3.63, 3.8) is 0 Å². The van der Waals surface area contributed by atoms with Gasteiger partial charge in [0.2, 0.25) is 0 Å². The van der Waals surface area contributed by atoms with Crippen molar-refractivity contribution in [1.82, 2.24) is 4.90 Å². The van der Waals surface area contributed by atoms with Gasteiger partial charge in [0.25, 0.3) is 0 Å². The molecule has 0 spiro atoms. The molecule has 3 heteroatoms. The van der Waals surface area contributed by atoms with E-state index in [1.54, 1.807) is 6.92 Å². The first-order valence-electron chi connectivity index (χ1n) is 3.41. The Kier molecular flexibility index (Phi) is 1.67. The Balaban J connectivity index is 2.34. The third-order valence-corrected chi connectivity index (χ3v) is 1.82. The highest BCUT2D eigenvalue weighted by atomic mass is 16.3. The van der Waals surface area contributed by atoms with Crippen LogP contribution in [-0.2, 0) is 0 Å². The summed E-state index contributed by atoms with van der Waals surface area (Å²) in [5, 5.41) is 17.7. The molecule has 0 aromatic heterocycles. The fraction of sp³-hybridized carbons (Fsp3) is 0.857. The average Bonchev–Trinajstić information content (AvgIpc) is 1.81. The Morgan fingerprint density at radius 3 is 2.50 bits per heavy atom. The summed E-state index contributed by atoms with van der Waals surface area (Å²) < 4.78 is 0. The number of rotatable bonds is 1.